The number of carbonyl (C=O) groups is 4. The molecule has 0 radical (unpaired) electrons. The topological polar surface area (TPSA) is 136 Å². The molecular formula is C34H51ClN4O8. The van der Waals surface area contributed by atoms with Gasteiger partial charge in [0.05, 0.1) is 24.3 Å². The van der Waals surface area contributed by atoms with Crippen molar-refractivity contribution in [3.8, 4) is 0 Å². The van der Waals surface area contributed by atoms with E-state index in [-0.39, 0.29) is 37.8 Å². The zero-order valence-electron chi connectivity index (χ0n) is 28.4. The standard InChI is InChI=1S/C34H50N4O8.ClH/c1-7-37(8-2)23-25(5)45-31(39)27-13-17-29(18-14-27)35-33(41)43-21-11-12-22-44-34(42)36-30-19-15-28(16-20-30)32(40)46-26(6)24-38(9-3)10-4;/h13-20,25-26H,7-12,21-24H2,1-6H3,(H,35,41)(H,36,42);1H. The molecule has 2 amide bonds. The minimum atomic E-state index is -0.632. The smallest absolute Gasteiger partial charge is 0.411 e. The van der Waals surface area contributed by atoms with Gasteiger partial charge in [-0.1, -0.05) is 27.7 Å². The molecule has 2 aromatic rings. The Hall–Kier alpha value is -3.87. The SMILES string of the molecule is CCN(CC)CC(C)OC(=O)c1ccc(NC(=O)OCCCCOC(=O)Nc2ccc(C(=O)OC(C)CN(CC)CC)cc2)cc1.Cl. The van der Waals surface area contributed by atoms with E-state index in [1.807, 2.05) is 13.8 Å². The molecule has 2 N–H and O–H groups in total. The summed E-state index contributed by atoms with van der Waals surface area (Å²) >= 11 is 0. The highest BCUT2D eigenvalue weighted by molar-refractivity contribution is 5.92. The number of nitrogens with one attached hydrogen (secondary N) is 2. The highest BCUT2D eigenvalue weighted by Crippen LogP contribution is 2.14. The Kier molecular flexibility index (Phi) is 19.8. The summed E-state index contributed by atoms with van der Waals surface area (Å²) < 4.78 is 21.4. The molecule has 0 aromatic heterocycles. The van der Waals surface area contributed by atoms with Gasteiger partial charge >= 0.3 is 24.1 Å². The molecule has 262 valence electrons. The molecule has 2 aromatic carbocycles. The Morgan fingerprint density at radius 1 is 0.596 bits per heavy atom. The first-order chi connectivity index (χ1) is 22.1. The predicted octanol–water partition coefficient (Wildman–Crippen LogP) is 6.46. The van der Waals surface area contributed by atoms with Crippen molar-refractivity contribution in [3.05, 3.63) is 59.7 Å². The fraction of sp³-hybridized carbons (Fsp3) is 0.529. The molecule has 0 saturated carbocycles. The number of nitrogens with zero attached hydrogens (tertiary/aromatic N) is 2. The molecule has 0 aliphatic heterocycles. The van der Waals surface area contributed by atoms with Gasteiger partial charge in [-0.05, 0) is 101 Å². The highest BCUT2D eigenvalue weighted by Gasteiger charge is 2.16. The third kappa shape index (κ3) is 16.0. The molecule has 2 rings (SSSR count). The summed E-state index contributed by atoms with van der Waals surface area (Å²) in [7, 11) is 0. The third-order valence-electron chi connectivity index (χ3n) is 7.17. The summed E-state index contributed by atoms with van der Waals surface area (Å²) in [5, 5.41) is 5.23. The number of benzene rings is 2. The average molecular weight is 679 g/mol. The van der Waals surface area contributed by atoms with Crippen molar-refractivity contribution in [2.24, 2.45) is 0 Å². The van der Waals surface area contributed by atoms with Gasteiger partial charge in [0.1, 0.15) is 12.2 Å². The number of ether oxygens (including phenoxy) is 4. The number of hydrogen-bond donors (Lipinski definition) is 2. The van der Waals surface area contributed by atoms with E-state index >= 15 is 0 Å². The van der Waals surface area contributed by atoms with E-state index in [1.54, 1.807) is 48.5 Å². The van der Waals surface area contributed by atoms with Crippen LogP contribution in [0.4, 0.5) is 21.0 Å². The lowest BCUT2D eigenvalue weighted by Gasteiger charge is -2.22. The molecule has 2 atom stereocenters. The van der Waals surface area contributed by atoms with Crippen LogP contribution in [-0.2, 0) is 18.9 Å². The van der Waals surface area contributed by atoms with E-state index in [0.29, 0.717) is 48.4 Å². The van der Waals surface area contributed by atoms with Crippen molar-refractivity contribution >= 4 is 47.9 Å². The maximum Gasteiger partial charge on any atom is 0.411 e. The van der Waals surface area contributed by atoms with Gasteiger partial charge in [-0.25, -0.2) is 19.2 Å². The van der Waals surface area contributed by atoms with Crippen LogP contribution in [0.25, 0.3) is 0 Å². The molecule has 0 aliphatic carbocycles. The Balaban J connectivity index is 0.0000110. The zero-order valence-corrected chi connectivity index (χ0v) is 29.2. The van der Waals surface area contributed by atoms with E-state index in [0.717, 1.165) is 26.2 Å². The molecule has 0 saturated heterocycles. The van der Waals surface area contributed by atoms with Crippen LogP contribution < -0.4 is 10.6 Å². The van der Waals surface area contributed by atoms with Gasteiger partial charge in [0.25, 0.3) is 0 Å². The molecule has 0 spiro atoms. The van der Waals surface area contributed by atoms with Crippen molar-refractivity contribution in [1.82, 2.24) is 9.80 Å². The van der Waals surface area contributed by atoms with Crippen LogP contribution >= 0.6 is 12.4 Å². The minimum absolute atomic E-state index is 0. The number of hydrogen-bond acceptors (Lipinski definition) is 10. The van der Waals surface area contributed by atoms with Crippen molar-refractivity contribution < 1.29 is 38.1 Å². The van der Waals surface area contributed by atoms with Gasteiger partial charge in [0, 0.05) is 24.5 Å². The quantitative estimate of drug-likeness (QED) is 0.0968. The molecule has 0 heterocycles. The van der Waals surface area contributed by atoms with Crippen LogP contribution in [0.3, 0.4) is 0 Å². The lowest BCUT2D eigenvalue weighted by molar-refractivity contribution is 0.0251. The Morgan fingerprint density at radius 3 is 1.21 bits per heavy atom. The fourth-order valence-corrected chi connectivity index (χ4v) is 4.49. The largest absolute Gasteiger partial charge is 0.458 e. The van der Waals surface area contributed by atoms with Crippen molar-refractivity contribution in [3.63, 3.8) is 0 Å². The third-order valence-corrected chi connectivity index (χ3v) is 7.17. The summed E-state index contributed by atoms with van der Waals surface area (Å²) in [6, 6.07) is 12.8. The summed E-state index contributed by atoms with van der Waals surface area (Å²) in [4.78, 5) is 53.4. The van der Waals surface area contributed by atoms with Crippen molar-refractivity contribution in [2.45, 2.75) is 66.6 Å². The Morgan fingerprint density at radius 2 is 0.915 bits per heavy atom. The number of esters is 2. The monoisotopic (exact) mass is 678 g/mol. The van der Waals surface area contributed by atoms with E-state index in [1.165, 1.54) is 0 Å². The molecular weight excluding hydrogens is 628 g/mol. The number of rotatable bonds is 19. The number of amides is 2. The minimum Gasteiger partial charge on any atom is -0.458 e. The second-order valence-electron chi connectivity index (χ2n) is 10.8. The molecule has 0 aliphatic rings. The van der Waals surface area contributed by atoms with Gasteiger partial charge in [-0.2, -0.15) is 0 Å². The average Bonchev–Trinajstić information content (AvgIpc) is 3.04. The molecule has 0 fully saturated rings. The lowest BCUT2D eigenvalue weighted by atomic mass is 10.2. The van der Waals surface area contributed by atoms with Gasteiger partial charge in [-0.15, -0.1) is 12.4 Å². The fourth-order valence-electron chi connectivity index (χ4n) is 4.49. The first kappa shape index (κ1) is 41.2. The van der Waals surface area contributed by atoms with E-state index in [4.69, 9.17) is 18.9 Å². The number of carbonyl (C=O) groups excluding carboxylic acids is 4. The molecule has 2 unspecified atom stereocenters. The lowest BCUT2D eigenvalue weighted by Crippen LogP contribution is -2.33. The first-order valence-electron chi connectivity index (χ1n) is 16.0. The van der Waals surface area contributed by atoms with Gasteiger partial charge < -0.3 is 28.7 Å². The second kappa shape index (κ2) is 22.6. The zero-order chi connectivity index (χ0) is 33.9. The van der Waals surface area contributed by atoms with Crippen LogP contribution in [0, 0.1) is 0 Å². The van der Waals surface area contributed by atoms with Crippen LogP contribution in [0.2, 0.25) is 0 Å². The maximum atomic E-state index is 12.4. The predicted molar refractivity (Wildman–Crippen MR) is 185 cm³/mol. The number of anilines is 2. The second-order valence-corrected chi connectivity index (χ2v) is 10.8. The number of unbranched alkanes of at least 4 members (excludes halogenated alkanes) is 1. The van der Waals surface area contributed by atoms with Crippen LogP contribution in [0.15, 0.2) is 48.5 Å². The van der Waals surface area contributed by atoms with Gasteiger partial charge in [0.2, 0.25) is 0 Å². The van der Waals surface area contributed by atoms with Crippen molar-refractivity contribution in [2.75, 3.05) is 63.1 Å². The summed E-state index contributed by atoms with van der Waals surface area (Å²) in [5.74, 6) is -0.840. The first-order valence-corrected chi connectivity index (χ1v) is 16.0. The van der Waals surface area contributed by atoms with Crippen molar-refractivity contribution in [1.29, 1.82) is 0 Å². The van der Waals surface area contributed by atoms with E-state index in [2.05, 4.69) is 48.1 Å². The Bertz CT molecular complexity index is 1130. The summed E-state index contributed by atoms with van der Waals surface area (Å²) in [6.07, 6.45) is -0.775. The van der Waals surface area contributed by atoms with Gasteiger partial charge in [-0.3, -0.25) is 10.6 Å². The normalized spacial score (nSPS) is 12.0. The Labute approximate surface area is 284 Å². The van der Waals surface area contributed by atoms with E-state index in [9.17, 15) is 19.2 Å². The van der Waals surface area contributed by atoms with Crippen LogP contribution in [0.1, 0.15) is 75.1 Å². The summed E-state index contributed by atoms with van der Waals surface area (Å²) in [6.45, 7) is 17.1. The van der Waals surface area contributed by atoms with Crippen LogP contribution in [-0.4, -0.2) is 98.6 Å². The summed E-state index contributed by atoms with van der Waals surface area (Å²) in [5.41, 5.74) is 1.74. The van der Waals surface area contributed by atoms with Gasteiger partial charge in [0.15, 0.2) is 0 Å². The molecule has 0 bridgehead atoms. The van der Waals surface area contributed by atoms with E-state index < -0.39 is 24.1 Å². The molecule has 12 nitrogen and oxygen atoms in total. The molecule has 47 heavy (non-hydrogen) atoms. The number of likely N-dealkylation sites (N-methyl/N-ethyl adjacent to an activating group) is 2. The maximum absolute atomic E-state index is 12.4. The number of halogens is 1. The van der Waals surface area contributed by atoms with Crippen LogP contribution in [0.5, 0.6) is 0 Å². The molecule has 13 heteroatoms. The highest BCUT2D eigenvalue weighted by atomic mass is 35.5.